The zero-order valence-corrected chi connectivity index (χ0v) is 12.7. The predicted octanol–water partition coefficient (Wildman–Crippen LogP) is 2.48. The third-order valence-corrected chi connectivity index (χ3v) is 4.24. The maximum Gasteiger partial charge on any atom is 0.296 e. The van der Waals surface area contributed by atoms with Crippen LogP contribution in [0.3, 0.4) is 0 Å². The molecule has 0 radical (unpaired) electrons. The van der Waals surface area contributed by atoms with Gasteiger partial charge in [-0.3, -0.25) is 14.9 Å². The SMILES string of the molecule is CSC(C)CCNc1cc2c(cc1[N+](=O)[O-])OCC(=O)N2. The van der Waals surface area contributed by atoms with Crippen LogP contribution < -0.4 is 15.4 Å². The highest BCUT2D eigenvalue weighted by atomic mass is 32.2. The fourth-order valence-corrected chi connectivity index (χ4v) is 2.29. The molecule has 0 aromatic heterocycles. The number of carbonyl (C=O) groups excluding carboxylic acids is 1. The van der Waals surface area contributed by atoms with Crippen LogP contribution >= 0.6 is 11.8 Å². The Morgan fingerprint density at radius 1 is 1.57 bits per heavy atom. The van der Waals surface area contributed by atoms with E-state index in [4.69, 9.17) is 4.74 Å². The molecule has 1 aromatic rings. The molecule has 0 bridgehead atoms. The fraction of sp³-hybridized carbons (Fsp3) is 0.462. The summed E-state index contributed by atoms with van der Waals surface area (Å²) < 4.78 is 5.19. The Balaban J connectivity index is 2.19. The summed E-state index contributed by atoms with van der Waals surface area (Å²) in [7, 11) is 0. The molecule has 21 heavy (non-hydrogen) atoms. The van der Waals surface area contributed by atoms with Crippen LogP contribution in [0, 0.1) is 10.1 Å². The van der Waals surface area contributed by atoms with Gasteiger partial charge < -0.3 is 15.4 Å². The van der Waals surface area contributed by atoms with E-state index in [9.17, 15) is 14.9 Å². The van der Waals surface area contributed by atoms with Gasteiger partial charge in [0, 0.05) is 11.8 Å². The highest BCUT2D eigenvalue weighted by Gasteiger charge is 2.23. The summed E-state index contributed by atoms with van der Waals surface area (Å²) in [6.07, 6.45) is 2.91. The van der Waals surface area contributed by atoms with Crippen molar-refractivity contribution >= 4 is 34.7 Å². The van der Waals surface area contributed by atoms with Crippen LogP contribution in [0.1, 0.15) is 13.3 Å². The Kier molecular flexibility index (Phi) is 4.89. The van der Waals surface area contributed by atoms with Gasteiger partial charge in [-0.25, -0.2) is 0 Å². The number of nitrogens with one attached hydrogen (secondary N) is 2. The molecule has 1 aliphatic rings. The number of ether oxygens (including phenoxy) is 1. The third-order valence-electron chi connectivity index (χ3n) is 3.20. The van der Waals surface area contributed by atoms with Crippen LogP contribution in [0.5, 0.6) is 5.75 Å². The molecule has 114 valence electrons. The van der Waals surface area contributed by atoms with E-state index < -0.39 is 4.92 Å². The minimum Gasteiger partial charge on any atom is -0.481 e. The number of hydrogen-bond donors (Lipinski definition) is 2. The lowest BCUT2D eigenvalue weighted by molar-refractivity contribution is -0.384. The van der Waals surface area contributed by atoms with Crippen molar-refractivity contribution in [2.75, 3.05) is 30.0 Å². The number of anilines is 2. The zero-order valence-electron chi connectivity index (χ0n) is 11.8. The first kappa shape index (κ1) is 15.4. The third kappa shape index (κ3) is 3.78. The molecule has 0 fully saturated rings. The number of benzene rings is 1. The fourth-order valence-electron chi connectivity index (χ4n) is 1.94. The summed E-state index contributed by atoms with van der Waals surface area (Å²) in [4.78, 5) is 22.0. The average Bonchev–Trinajstić information content (AvgIpc) is 2.45. The highest BCUT2D eigenvalue weighted by Crippen LogP contribution is 2.37. The molecule has 1 aromatic carbocycles. The minimum absolute atomic E-state index is 0.0540. The Morgan fingerprint density at radius 2 is 2.33 bits per heavy atom. The molecule has 1 amide bonds. The van der Waals surface area contributed by atoms with Crippen molar-refractivity contribution in [3.05, 3.63) is 22.2 Å². The average molecular weight is 311 g/mol. The van der Waals surface area contributed by atoms with Gasteiger partial charge >= 0.3 is 0 Å². The van der Waals surface area contributed by atoms with Crippen LogP contribution in [0.25, 0.3) is 0 Å². The van der Waals surface area contributed by atoms with Crippen LogP contribution in [0.4, 0.5) is 17.1 Å². The lowest BCUT2D eigenvalue weighted by atomic mass is 10.2. The first-order valence-electron chi connectivity index (χ1n) is 6.53. The van der Waals surface area contributed by atoms with Crippen LogP contribution in [0.15, 0.2) is 12.1 Å². The van der Waals surface area contributed by atoms with E-state index in [1.54, 1.807) is 17.8 Å². The van der Waals surface area contributed by atoms with Crippen LogP contribution in [-0.4, -0.2) is 35.5 Å². The second-order valence-corrected chi connectivity index (χ2v) is 6.00. The number of hydrogen-bond acceptors (Lipinski definition) is 6. The van der Waals surface area contributed by atoms with Gasteiger partial charge in [-0.15, -0.1) is 0 Å². The molecule has 2 rings (SSSR count). The summed E-state index contributed by atoms with van der Waals surface area (Å²) >= 11 is 1.74. The number of carbonyl (C=O) groups is 1. The number of nitrogens with zero attached hydrogens (tertiary/aromatic N) is 1. The monoisotopic (exact) mass is 311 g/mol. The highest BCUT2D eigenvalue weighted by molar-refractivity contribution is 7.99. The molecule has 0 saturated heterocycles. The van der Waals surface area contributed by atoms with E-state index in [-0.39, 0.29) is 18.2 Å². The molecule has 8 heteroatoms. The Bertz CT molecular complexity index is 565. The summed E-state index contributed by atoms with van der Waals surface area (Å²) in [5.41, 5.74) is 0.789. The van der Waals surface area contributed by atoms with Crippen molar-refractivity contribution in [2.24, 2.45) is 0 Å². The number of rotatable bonds is 6. The molecule has 1 atom stereocenters. The molecular formula is C13H17N3O4S. The largest absolute Gasteiger partial charge is 0.481 e. The Labute approximate surface area is 126 Å². The van der Waals surface area contributed by atoms with Crippen molar-refractivity contribution in [3.63, 3.8) is 0 Å². The molecule has 1 aliphatic heterocycles. The van der Waals surface area contributed by atoms with Gasteiger partial charge in [0.05, 0.1) is 16.7 Å². The maximum atomic E-state index is 11.3. The van der Waals surface area contributed by atoms with Gasteiger partial charge in [0.2, 0.25) is 0 Å². The van der Waals surface area contributed by atoms with E-state index in [2.05, 4.69) is 17.6 Å². The maximum absolute atomic E-state index is 11.3. The molecule has 0 aliphatic carbocycles. The van der Waals surface area contributed by atoms with Gasteiger partial charge in [-0.2, -0.15) is 11.8 Å². The molecular weight excluding hydrogens is 294 g/mol. The van der Waals surface area contributed by atoms with E-state index >= 15 is 0 Å². The molecule has 0 spiro atoms. The second kappa shape index (κ2) is 6.66. The van der Waals surface area contributed by atoms with Gasteiger partial charge in [-0.05, 0) is 18.7 Å². The summed E-state index contributed by atoms with van der Waals surface area (Å²) in [6.45, 7) is 2.60. The normalized spacial score (nSPS) is 14.7. The van der Waals surface area contributed by atoms with Crippen molar-refractivity contribution in [2.45, 2.75) is 18.6 Å². The van der Waals surface area contributed by atoms with Crippen molar-refractivity contribution in [3.8, 4) is 5.75 Å². The second-order valence-electron chi connectivity index (χ2n) is 4.72. The Hall–Kier alpha value is -1.96. The zero-order chi connectivity index (χ0) is 15.4. The van der Waals surface area contributed by atoms with E-state index in [1.165, 1.54) is 6.07 Å². The molecule has 7 nitrogen and oxygen atoms in total. The van der Waals surface area contributed by atoms with Gasteiger partial charge in [0.25, 0.3) is 11.6 Å². The van der Waals surface area contributed by atoms with Crippen LogP contribution in [0.2, 0.25) is 0 Å². The summed E-state index contributed by atoms with van der Waals surface area (Å²) in [5.74, 6) is 0.0580. The van der Waals surface area contributed by atoms with E-state index in [0.717, 1.165) is 6.42 Å². The van der Waals surface area contributed by atoms with E-state index in [1.807, 2.05) is 6.26 Å². The first-order chi connectivity index (χ1) is 10.0. The first-order valence-corrected chi connectivity index (χ1v) is 7.81. The Morgan fingerprint density at radius 3 is 3.00 bits per heavy atom. The standard InChI is InChI=1S/C13H17N3O4S/c1-8(21-2)3-4-14-9-5-10-12(6-11(9)16(18)19)20-7-13(17)15-10/h5-6,8,14H,3-4,7H2,1-2H3,(H,15,17). The number of thioether (sulfide) groups is 1. The number of nitro groups is 1. The number of fused-ring (bicyclic) bond motifs is 1. The van der Waals surface area contributed by atoms with Gasteiger partial charge in [0.15, 0.2) is 12.4 Å². The van der Waals surface area contributed by atoms with Gasteiger partial charge in [-0.1, -0.05) is 6.92 Å². The van der Waals surface area contributed by atoms with E-state index in [0.29, 0.717) is 28.9 Å². The summed E-state index contributed by atoms with van der Waals surface area (Å²) in [6, 6.07) is 2.89. The number of amides is 1. The summed E-state index contributed by atoms with van der Waals surface area (Å²) in [5, 5.41) is 17.3. The van der Waals surface area contributed by atoms with Crippen molar-refractivity contribution in [1.29, 1.82) is 0 Å². The lowest BCUT2D eigenvalue weighted by Crippen LogP contribution is -2.25. The molecule has 1 unspecified atom stereocenters. The molecule has 0 saturated carbocycles. The molecule has 2 N–H and O–H groups in total. The quantitative estimate of drug-likeness (QED) is 0.619. The minimum atomic E-state index is -0.458. The smallest absolute Gasteiger partial charge is 0.296 e. The lowest BCUT2D eigenvalue weighted by Gasteiger charge is -2.19. The van der Waals surface area contributed by atoms with Gasteiger partial charge in [0.1, 0.15) is 5.69 Å². The number of nitro benzene ring substituents is 1. The van der Waals surface area contributed by atoms with Crippen LogP contribution in [-0.2, 0) is 4.79 Å². The predicted molar refractivity (Wildman–Crippen MR) is 83.3 cm³/mol. The van der Waals surface area contributed by atoms with Crippen molar-refractivity contribution < 1.29 is 14.5 Å². The molecule has 1 heterocycles. The topological polar surface area (TPSA) is 93.5 Å². The van der Waals surface area contributed by atoms with Crippen molar-refractivity contribution in [1.82, 2.24) is 0 Å².